The molecule has 1 fully saturated rings. The first-order chi connectivity index (χ1) is 13.9. The van der Waals surface area contributed by atoms with Gasteiger partial charge in [0.25, 0.3) is 0 Å². The zero-order valence-electron chi connectivity index (χ0n) is 15.2. The van der Waals surface area contributed by atoms with Crippen LogP contribution in [0.15, 0.2) is 42.5 Å². The molecule has 1 aliphatic heterocycles. The highest BCUT2D eigenvalue weighted by atomic mass is 32.1. The van der Waals surface area contributed by atoms with Crippen molar-refractivity contribution in [2.24, 2.45) is 0 Å². The van der Waals surface area contributed by atoms with E-state index >= 15 is 0 Å². The number of phenols is 2. The Bertz CT molecular complexity index is 1030. The topological polar surface area (TPSA) is 127 Å². The van der Waals surface area contributed by atoms with Gasteiger partial charge in [0.1, 0.15) is 23.7 Å². The molecule has 1 aliphatic rings. The molecular formula is C21H20O7S. The Morgan fingerprint density at radius 1 is 1.10 bits per heavy atom. The second kappa shape index (κ2) is 7.74. The van der Waals surface area contributed by atoms with E-state index in [0.717, 1.165) is 16.2 Å². The van der Waals surface area contributed by atoms with E-state index in [1.54, 1.807) is 6.07 Å². The van der Waals surface area contributed by atoms with Crippen LogP contribution >= 0.6 is 11.3 Å². The summed E-state index contributed by atoms with van der Waals surface area (Å²) in [5, 5.41) is 51.2. The van der Waals surface area contributed by atoms with Gasteiger partial charge < -0.3 is 30.3 Å². The molecule has 0 bridgehead atoms. The summed E-state index contributed by atoms with van der Waals surface area (Å²) in [6.45, 7) is -0.368. The van der Waals surface area contributed by atoms with Gasteiger partial charge in [-0.25, -0.2) is 0 Å². The number of carbonyl (C=O) groups is 1. The van der Waals surface area contributed by atoms with E-state index in [1.165, 1.54) is 17.4 Å². The Labute approximate surface area is 170 Å². The lowest BCUT2D eigenvalue weighted by Gasteiger charge is -2.37. The standard InChI is InChI=1S/C21H20O7S/c22-9-11-6-16(25)20(27)21(28-11)13-7-12(14(23)8-15(13)24)19(26)18-5-10-3-1-2-4-17(10)29-18/h1-5,7-8,11,16,20-25,27H,6,9H2/t11?,16-,20-,21-/m0/s1. The van der Waals surface area contributed by atoms with E-state index in [1.807, 2.05) is 24.3 Å². The fourth-order valence-corrected chi connectivity index (χ4v) is 4.58. The highest BCUT2D eigenvalue weighted by molar-refractivity contribution is 7.21. The van der Waals surface area contributed by atoms with Crippen LogP contribution in [0.2, 0.25) is 0 Å². The number of benzene rings is 2. The predicted molar refractivity (Wildman–Crippen MR) is 106 cm³/mol. The molecular weight excluding hydrogens is 396 g/mol. The van der Waals surface area contributed by atoms with Gasteiger partial charge >= 0.3 is 0 Å². The maximum atomic E-state index is 13.0. The van der Waals surface area contributed by atoms with Crippen LogP contribution in [-0.2, 0) is 4.74 Å². The summed E-state index contributed by atoms with van der Waals surface area (Å²) in [5.41, 5.74) is -0.00210. The minimum absolute atomic E-state index is 0.0422. The quantitative estimate of drug-likeness (QED) is 0.412. The minimum atomic E-state index is -1.36. The zero-order valence-corrected chi connectivity index (χ0v) is 16.0. The number of phenolic OH excluding ortho intramolecular Hbond substituents is 2. The summed E-state index contributed by atoms with van der Waals surface area (Å²) in [5.74, 6) is -1.22. The number of ether oxygens (including phenoxy) is 1. The Morgan fingerprint density at radius 2 is 1.86 bits per heavy atom. The first kappa shape index (κ1) is 19.8. The number of aromatic hydroxyl groups is 2. The highest BCUT2D eigenvalue weighted by Crippen LogP contribution is 2.40. The molecule has 4 atom stereocenters. The molecule has 1 unspecified atom stereocenters. The van der Waals surface area contributed by atoms with Crippen LogP contribution in [0.5, 0.6) is 11.5 Å². The van der Waals surface area contributed by atoms with Gasteiger partial charge in [-0.1, -0.05) is 18.2 Å². The van der Waals surface area contributed by atoms with Gasteiger partial charge in [0.05, 0.1) is 29.3 Å². The molecule has 2 aromatic carbocycles. The number of fused-ring (bicyclic) bond motifs is 1. The van der Waals surface area contributed by atoms with Crippen LogP contribution in [-0.4, -0.2) is 56.2 Å². The minimum Gasteiger partial charge on any atom is -0.507 e. The van der Waals surface area contributed by atoms with Crippen LogP contribution in [0.1, 0.15) is 33.3 Å². The second-order valence-corrected chi connectivity index (χ2v) is 8.14. The third-order valence-electron chi connectivity index (χ3n) is 5.10. The summed E-state index contributed by atoms with van der Waals surface area (Å²) < 4.78 is 6.53. The Balaban J connectivity index is 1.74. The Kier molecular flexibility index (Phi) is 5.28. The van der Waals surface area contributed by atoms with Crippen LogP contribution in [0, 0.1) is 0 Å². The van der Waals surface area contributed by atoms with Crippen molar-refractivity contribution in [3.8, 4) is 11.5 Å². The summed E-state index contributed by atoms with van der Waals surface area (Å²) in [4.78, 5) is 13.4. The molecule has 5 N–H and O–H groups in total. The summed E-state index contributed by atoms with van der Waals surface area (Å²) >= 11 is 1.28. The lowest BCUT2D eigenvalue weighted by molar-refractivity contribution is -0.180. The Hall–Kier alpha value is -2.49. The monoisotopic (exact) mass is 416 g/mol. The van der Waals surface area contributed by atoms with Crippen LogP contribution in [0.25, 0.3) is 10.1 Å². The zero-order chi connectivity index (χ0) is 20.7. The van der Waals surface area contributed by atoms with E-state index in [-0.39, 0.29) is 29.9 Å². The maximum absolute atomic E-state index is 13.0. The molecule has 0 aliphatic carbocycles. The van der Waals surface area contributed by atoms with Crippen LogP contribution < -0.4 is 0 Å². The van der Waals surface area contributed by atoms with Crippen molar-refractivity contribution in [3.63, 3.8) is 0 Å². The van der Waals surface area contributed by atoms with E-state index in [9.17, 15) is 30.3 Å². The van der Waals surface area contributed by atoms with Crippen molar-refractivity contribution in [1.82, 2.24) is 0 Å². The highest BCUT2D eigenvalue weighted by Gasteiger charge is 2.39. The largest absolute Gasteiger partial charge is 0.507 e. The van der Waals surface area contributed by atoms with Crippen molar-refractivity contribution in [1.29, 1.82) is 0 Å². The van der Waals surface area contributed by atoms with Crippen molar-refractivity contribution in [2.45, 2.75) is 30.8 Å². The third kappa shape index (κ3) is 3.61. The average Bonchev–Trinajstić information content (AvgIpc) is 3.14. The SMILES string of the molecule is O=C(c1cc2ccccc2s1)c1cc([C@@H]2OC(CO)C[C@H](O)[C@@H]2O)c(O)cc1O. The van der Waals surface area contributed by atoms with Crippen LogP contribution in [0.4, 0.5) is 0 Å². The normalized spacial score (nSPS) is 24.7. The van der Waals surface area contributed by atoms with Crippen molar-refractivity contribution >= 4 is 27.2 Å². The van der Waals surface area contributed by atoms with E-state index < -0.39 is 35.9 Å². The predicted octanol–water partition coefficient (Wildman–Crippen LogP) is 2.09. The smallest absolute Gasteiger partial charge is 0.206 e. The molecule has 0 saturated carbocycles. The lowest BCUT2D eigenvalue weighted by Crippen LogP contribution is -2.44. The van der Waals surface area contributed by atoms with Gasteiger partial charge in [-0.3, -0.25) is 4.79 Å². The molecule has 3 aromatic rings. The molecule has 29 heavy (non-hydrogen) atoms. The molecule has 152 valence electrons. The molecule has 4 rings (SSSR count). The van der Waals surface area contributed by atoms with Gasteiger partial charge in [0.2, 0.25) is 5.78 Å². The number of hydrogen-bond acceptors (Lipinski definition) is 8. The molecule has 1 saturated heterocycles. The number of ketones is 1. The van der Waals surface area contributed by atoms with Gasteiger partial charge in [-0.15, -0.1) is 11.3 Å². The van der Waals surface area contributed by atoms with Crippen molar-refractivity contribution in [2.75, 3.05) is 6.61 Å². The van der Waals surface area contributed by atoms with E-state index in [0.29, 0.717) is 4.88 Å². The molecule has 0 amide bonds. The van der Waals surface area contributed by atoms with Gasteiger partial charge in [0, 0.05) is 22.8 Å². The second-order valence-electron chi connectivity index (χ2n) is 7.06. The number of aliphatic hydroxyl groups excluding tert-OH is 3. The first-order valence-corrected chi connectivity index (χ1v) is 9.92. The average molecular weight is 416 g/mol. The van der Waals surface area contributed by atoms with Gasteiger partial charge in [0.15, 0.2) is 0 Å². The molecule has 2 heterocycles. The fourth-order valence-electron chi connectivity index (χ4n) is 3.56. The fraction of sp³-hybridized carbons (Fsp3) is 0.286. The number of rotatable bonds is 4. The molecule has 7 nitrogen and oxygen atoms in total. The molecule has 1 aromatic heterocycles. The molecule has 0 spiro atoms. The number of thiophene rings is 1. The number of carbonyl (C=O) groups excluding carboxylic acids is 1. The van der Waals surface area contributed by atoms with Crippen LogP contribution in [0.3, 0.4) is 0 Å². The summed E-state index contributed by atoms with van der Waals surface area (Å²) in [6.07, 6.45) is -4.37. The number of aliphatic hydroxyl groups is 3. The molecule has 8 heteroatoms. The maximum Gasteiger partial charge on any atom is 0.206 e. The Morgan fingerprint density at radius 3 is 2.59 bits per heavy atom. The molecule has 0 radical (unpaired) electrons. The van der Waals surface area contributed by atoms with Gasteiger partial charge in [-0.05, 0) is 23.6 Å². The third-order valence-corrected chi connectivity index (χ3v) is 6.21. The summed E-state index contributed by atoms with van der Waals surface area (Å²) in [6, 6.07) is 11.5. The van der Waals surface area contributed by atoms with Crippen molar-refractivity contribution in [3.05, 3.63) is 58.5 Å². The van der Waals surface area contributed by atoms with Gasteiger partial charge in [-0.2, -0.15) is 0 Å². The van der Waals surface area contributed by atoms with E-state index in [4.69, 9.17) is 4.74 Å². The number of hydrogen-bond donors (Lipinski definition) is 5. The van der Waals surface area contributed by atoms with E-state index in [2.05, 4.69) is 0 Å². The first-order valence-electron chi connectivity index (χ1n) is 9.10. The van der Waals surface area contributed by atoms with Crippen molar-refractivity contribution < 1.29 is 35.1 Å². The lowest BCUT2D eigenvalue weighted by atomic mass is 9.91. The summed E-state index contributed by atoms with van der Waals surface area (Å²) in [7, 11) is 0.